The second-order valence-electron chi connectivity index (χ2n) is 8.26. The Morgan fingerprint density at radius 3 is 2.62 bits per heavy atom. The summed E-state index contributed by atoms with van der Waals surface area (Å²) in [6, 6.07) is 11.9. The molecule has 3 aromatic heterocycles. The van der Waals surface area contributed by atoms with Crippen LogP contribution in [0, 0.1) is 25.2 Å². The minimum absolute atomic E-state index is 0.111. The molecule has 11 nitrogen and oxygen atoms in total. The first-order valence-corrected chi connectivity index (χ1v) is 11.2. The molecule has 0 spiro atoms. The summed E-state index contributed by atoms with van der Waals surface area (Å²) < 4.78 is 3.40. The number of anilines is 1. The first-order valence-electron chi connectivity index (χ1n) is 11.2. The van der Waals surface area contributed by atoms with E-state index in [4.69, 9.17) is 0 Å². The van der Waals surface area contributed by atoms with E-state index in [2.05, 4.69) is 36.6 Å². The molecule has 1 fully saturated rings. The number of nitriles is 1. The molecule has 1 aliphatic rings. The van der Waals surface area contributed by atoms with Crippen molar-refractivity contribution in [2.45, 2.75) is 26.7 Å². The third kappa shape index (κ3) is 3.83. The molecule has 0 bridgehead atoms. The molecule has 4 heterocycles. The predicted octanol–water partition coefficient (Wildman–Crippen LogP) is 1.47. The van der Waals surface area contributed by atoms with E-state index in [1.807, 2.05) is 49.1 Å². The van der Waals surface area contributed by atoms with Crippen molar-refractivity contribution in [2.24, 2.45) is 0 Å². The number of hydrogen-bond donors (Lipinski definition) is 0. The summed E-state index contributed by atoms with van der Waals surface area (Å²) in [5.74, 6) is 0.791. The van der Waals surface area contributed by atoms with Crippen molar-refractivity contribution < 1.29 is 4.79 Å². The lowest BCUT2D eigenvalue weighted by Crippen LogP contribution is -2.49. The molecule has 0 N–H and O–H groups in total. The highest BCUT2D eigenvalue weighted by Crippen LogP contribution is 2.20. The molecule has 1 aliphatic heterocycles. The lowest BCUT2D eigenvalue weighted by atomic mass is 10.1. The maximum Gasteiger partial charge on any atom is 0.250 e. The summed E-state index contributed by atoms with van der Waals surface area (Å²) in [4.78, 5) is 21.5. The average Bonchev–Trinajstić information content (AvgIpc) is 3.52. The third-order valence-corrected chi connectivity index (χ3v) is 6.29. The van der Waals surface area contributed by atoms with Crippen molar-refractivity contribution in [1.29, 1.82) is 5.26 Å². The summed E-state index contributed by atoms with van der Waals surface area (Å²) in [6.07, 6.45) is 2.49. The van der Waals surface area contributed by atoms with Gasteiger partial charge in [0.05, 0.1) is 11.9 Å². The number of tetrazole rings is 1. The molecule has 11 heteroatoms. The number of rotatable bonds is 5. The predicted molar refractivity (Wildman–Crippen MR) is 123 cm³/mol. The van der Waals surface area contributed by atoms with Crippen LogP contribution < -0.4 is 4.90 Å². The van der Waals surface area contributed by atoms with Gasteiger partial charge in [-0.1, -0.05) is 23.3 Å². The number of benzene rings is 1. The summed E-state index contributed by atoms with van der Waals surface area (Å²) in [6.45, 7) is 6.41. The number of piperazine rings is 1. The van der Waals surface area contributed by atoms with Gasteiger partial charge in [0.25, 0.3) is 0 Å². The Labute approximate surface area is 196 Å². The Bertz CT molecular complexity index is 1380. The van der Waals surface area contributed by atoms with Crippen LogP contribution in [-0.4, -0.2) is 71.8 Å². The molecule has 0 saturated carbocycles. The minimum Gasteiger partial charge on any atom is -0.339 e. The van der Waals surface area contributed by atoms with Gasteiger partial charge in [-0.2, -0.15) is 15.0 Å². The van der Waals surface area contributed by atoms with E-state index < -0.39 is 0 Å². The Hall–Kier alpha value is -4.33. The standard InChI is InChI=1S/C23H24N10O/c1-16-20(17(2)32-22(26-16)18(14-24)15-25-32)8-9-21(34)30-10-12-31(13-11-30)23-27-28-29-33(23)19-6-4-3-5-7-19/h3-7,15H,8-13H2,1-2H3. The second-order valence-corrected chi connectivity index (χ2v) is 8.26. The van der Waals surface area contributed by atoms with Crippen LogP contribution in [0.4, 0.5) is 5.95 Å². The van der Waals surface area contributed by atoms with Crippen molar-refractivity contribution in [3.63, 3.8) is 0 Å². The molecule has 172 valence electrons. The molecule has 0 aliphatic carbocycles. The van der Waals surface area contributed by atoms with Crippen LogP contribution in [0.2, 0.25) is 0 Å². The van der Waals surface area contributed by atoms with Gasteiger partial charge in [-0.15, -0.1) is 0 Å². The highest BCUT2D eigenvalue weighted by Gasteiger charge is 2.25. The van der Waals surface area contributed by atoms with Gasteiger partial charge in [-0.25, -0.2) is 9.50 Å². The molecule has 4 aromatic rings. The third-order valence-electron chi connectivity index (χ3n) is 6.29. The Balaban J connectivity index is 1.22. The molecule has 0 atom stereocenters. The first kappa shape index (κ1) is 21.5. The van der Waals surface area contributed by atoms with Gasteiger partial charge >= 0.3 is 0 Å². The van der Waals surface area contributed by atoms with Crippen molar-refractivity contribution in [1.82, 2.24) is 39.7 Å². The summed E-state index contributed by atoms with van der Waals surface area (Å²) in [7, 11) is 0. The first-order chi connectivity index (χ1) is 16.6. The van der Waals surface area contributed by atoms with E-state index in [1.54, 1.807) is 9.20 Å². The van der Waals surface area contributed by atoms with Gasteiger partial charge in [0.2, 0.25) is 11.9 Å². The monoisotopic (exact) mass is 456 g/mol. The fourth-order valence-electron chi connectivity index (χ4n) is 4.41. The SMILES string of the molecule is Cc1nc2c(C#N)cnn2c(C)c1CCC(=O)N1CCN(c2nnnn2-c2ccccc2)CC1. The van der Waals surface area contributed by atoms with E-state index >= 15 is 0 Å². The van der Waals surface area contributed by atoms with Crippen LogP contribution in [0.5, 0.6) is 0 Å². The average molecular weight is 457 g/mol. The van der Waals surface area contributed by atoms with E-state index in [0.29, 0.717) is 56.2 Å². The van der Waals surface area contributed by atoms with Crippen molar-refractivity contribution in [2.75, 3.05) is 31.1 Å². The van der Waals surface area contributed by atoms with Crippen molar-refractivity contribution >= 4 is 17.5 Å². The van der Waals surface area contributed by atoms with Gasteiger partial charge in [-0.3, -0.25) is 4.79 Å². The van der Waals surface area contributed by atoms with Crippen molar-refractivity contribution in [3.05, 3.63) is 59.0 Å². The normalized spacial score (nSPS) is 13.9. The number of nitrogens with zero attached hydrogens (tertiary/aromatic N) is 10. The van der Waals surface area contributed by atoms with Crippen LogP contribution in [0.25, 0.3) is 11.3 Å². The number of fused-ring (bicyclic) bond motifs is 1. The molecule has 1 aromatic carbocycles. The molecule has 0 radical (unpaired) electrons. The van der Waals surface area contributed by atoms with Gasteiger partial charge in [0.15, 0.2) is 5.65 Å². The lowest BCUT2D eigenvalue weighted by molar-refractivity contribution is -0.131. The zero-order valence-corrected chi connectivity index (χ0v) is 19.1. The molecular formula is C23H24N10O. The summed E-state index contributed by atoms with van der Waals surface area (Å²) in [5, 5.41) is 25.7. The molecule has 0 unspecified atom stereocenters. The quantitative estimate of drug-likeness (QED) is 0.443. The summed E-state index contributed by atoms with van der Waals surface area (Å²) >= 11 is 0. The molecule has 5 rings (SSSR count). The maximum absolute atomic E-state index is 13.0. The van der Waals surface area contributed by atoms with E-state index in [1.165, 1.54) is 6.20 Å². The fourth-order valence-corrected chi connectivity index (χ4v) is 4.41. The Morgan fingerprint density at radius 2 is 1.88 bits per heavy atom. The molecule has 1 amide bonds. The van der Waals surface area contributed by atoms with Gasteiger partial charge in [0, 0.05) is 44.0 Å². The van der Waals surface area contributed by atoms with E-state index in [9.17, 15) is 10.1 Å². The second kappa shape index (κ2) is 8.90. The van der Waals surface area contributed by atoms with E-state index in [-0.39, 0.29) is 5.91 Å². The zero-order chi connectivity index (χ0) is 23.7. The number of para-hydroxylation sites is 1. The van der Waals surface area contributed by atoms with Crippen LogP contribution in [0.15, 0.2) is 36.5 Å². The summed E-state index contributed by atoms with van der Waals surface area (Å²) in [5.41, 5.74) is 4.64. The zero-order valence-electron chi connectivity index (χ0n) is 19.1. The molecular weight excluding hydrogens is 432 g/mol. The smallest absolute Gasteiger partial charge is 0.250 e. The largest absolute Gasteiger partial charge is 0.339 e. The van der Waals surface area contributed by atoms with Crippen LogP contribution >= 0.6 is 0 Å². The van der Waals surface area contributed by atoms with Crippen LogP contribution in [0.1, 0.15) is 28.9 Å². The molecule has 1 saturated heterocycles. The fraction of sp³-hybridized carbons (Fsp3) is 0.348. The number of aromatic nitrogens is 7. The maximum atomic E-state index is 13.0. The lowest BCUT2D eigenvalue weighted by Gasteiger charge is -2.35. The Morgan fingerprint density at radius 1 is 1.12 bits per heavy atom. The van der Waals surface area contributed by atoms with Crippen LogP contribution in [-0.2, 0) is 11.2 Å². The van der Waals surface area contributed by atoms with Gasteiger partial charge < -0.3 is 9.80 Å². The molecule has 34 heavy (non-hydrogen) atoms. The van der Waals surface area contributed by atoms with Gasteiger partial charge in [-0.05, 0) is 48.4 Å². The number of hydrogen-bond acceptors (Lipinski definition) is 8. The topological polar surface area (TPSA) is 121 Å². The number of carbonyl (C=O) groups is 1. The van der Waals surface area contributed by atoms with Crippen molar-refractivity contribution in [3.8, 4) is 11.8 Å². The van der Waals surface area contributed by atoms with Gasteiger partial charge in [0.1, 0.15) is 11.6 Å². The van der Waals surface area contributed by atoms with Crippen LogP contribution in [0.3, 0.4) is 0 Å². The minimum atomic E-state index is 0.111. The number of carbonyl (C=O) groups excluding carboxylic acids is 1. The number of aryl methyl sites for hydroxylation is 2. The highest BCUT2D eigenvalue weighted by atomic mass is 16.2. The number of amides is 1. The van der Waals surface area contributed by atoms with E-state index in [0.717, 1.165) is 22.6 Å². The highest BCUT2D eigenvalue weighted by molar-refractivity contribution is 5.77. The Kier molecular flexibility index (Phi) is 5.63.